The molecule has 0 bridgehead atoms. The zero-order chi connectivity index (χ0) is 16.5. The van der Waals surface area contributed by atoms with Crippen LogP contribution in [0.25, 0.3) is 0 Å². The van der Waals surface area contributed by atoms with Gasteiger partial charge in [0.25, 0.3) is 10.0 Å². The van der Waals surface area contributed by atoms with Crippen LogP contribution in [-0.4, -0.2) is 23.9 Å². The van der Waals surface area contributed by atoms with E-state index < -0.39 is 27.9 Å². The summed E-state index contributed by atoms with van der Waals surface area (Å²) in [6.07, 6.45) is -3.01. The molecule has 120 valence electrons. The molecular weight excluding hydrogens is 321 g/mol. The molecule has 0 fully saturated rings. The molecular formula is C13H13F3N2O3S. The largest absolute Gasteiger partial charge is 0.484 e. The van der Waals surface area contributed by atoms with Crippen molar-refractivity contribution in [3.05, 3.63) is 47.8 Å². The van der Waals surface area contributed by atoms with Crippen molar-refractivity contribution < 1.29 is 26.3 Å². The Balaban J connectivity index is 2.27. The Morgan fingerprint density at radius 3 is 2.55 bits per heavy atom. The van der Waals surface area contributed by atoms with Crippen LogP contribution in [0.5, 0.6) is 5.75 Å². The topological polar surface area (TPSA) is 61.2 Å². The molecule has 1 unspecified atom stereocenters. The summed E-state index contributed by atoms with van der Waals surface area (Å²) in [5.74, 6) is -0.0106. The fourth-order valence-electron chi connectivity index (χ4n) is 1.88. The molecule has 22 heavy (non-hydrogen) atoms. The van der Waals surface area contributed by atoms with Crippen molar-refractivity contribution in [1.82, 2.24) is 9.19 Å². The quantitative estimate of drug-likeness (QED) is 0.863. The van der Waals surface area contributed by atoms with Crippen LogP contribution in [0.2, 0.25) is 0 Å². The summed E-state index contributed by atoms with van der Waals surface area (Å²) in [6, 6.07) is 5.81. The number of benzene rings is 1. The first kappa shape index (κ1) is 16.3. The van der Waals surface area contributed by atoms with Crippen LogP contribution in [0.4, 0.5) is 13.2 Å². The van der Waals surface area contributed by atoms with Crippen molar-refractivity contribution in [2.45, 2.75) is 19.2 Å². The van der Waals surface area contributed by atoms with Gasteiger partial charge in [0.05, 0.1) is 23.7 Å². The third-order valence-electron chi connectivity index (χ3n) is 2.84. The van der Waals surface area contributed by atoms with Gasteiger partial charge < -0.3 is 4.74 Å². The van der Waals surface area contributed by atoms with Gasteiger partial charge in [0.15, 0.2) is 0 Å². The van der Waals surface area contributed by atoms with E-state index in [4.69, 9.17) is 4.74 Å². The molecule has 5 nitrogen and oxygen atoms in total. The standard InChI is InChI=1S/C13H13F3N2O3S/c1-9(12-6-7-17-18(12)22(2,19)20)21-11-5-3-4-10(8-11)13(14,15)16/h3-9H,1-2H3. The van der Waals surface area contributed by atoms with Gasteiger partial charge in [0.1, 0.15) is 11.9 Å². The lowest BCUT2D eigenvalue weighted by molar-refractivity contribution is -0.137. The second-order valence-corrected chi connectivity index (χ2v) is 6.46. The molecule has 0 aliphatic heterocycles. The first-order chi connectivity index (χ1) is 10.1. The summed E-state index contributed by atoms with van der Waals surface area (Å²) in [6.45, 7) is 1.53. The molecule has 1 aromatic carbocycles. The molecule has 0 aliphatic rings. The van der Waals surface area contributed by atoms with Gasteiger partial charge in [-0.25, -0.2) is 8.42 Å². The second-order valence-electron chi connectivity index (χ2n) is 4.65. The normalized spacial score (nSPS) is 13.9. The van der Waals surface area contributed by atoms with Crippen LogP contribution in [0.3, 0.4) is 0 Å². The molecule has 0 saturated carbocycles. The van der Waals surface area contributed by atoms with Crippen LogP contribution < -0.4 is 4.74 Å². The van der Waals surface area contributed by atoms with Crippen LogP contribution in [0, 0.1) is 0 Å². The Labute approximate surface area is 125 Å². The molecule has 2 aromatic rings. The van der Waals surface area contributed by atoms with Crippen molar-refractivity contribution in [3.8, 4) is 5.75 Å². The summed E-state index contributed by atoms with van der Waals surface area (Å²) in [5, 5.41) is 3.68. The van der Waals surface area contributed by atoms with Gasteiger partial charge in [-0.1, -0.05) is 6.07 Å². The Kier molecular flexibility index (Phi) is 4.19. The zero-order valence-electron chi connectivity index (χ0n) is 11.7. The van der Waals surface area contributed by atoms with E-state index in [-0.39, 0.29) is 11.4 Å². The lowest BCUT2D eigenvalue weighted by Gasteiger charge is -2.16. The number of alkyl halides is 3. The van der Waals surface area contributed by atoms with Gasteiger partial charge in [-0.2, -0.15) is 22.4 Å². The van der Waals surface area contributed by atoms with Gasteiger partial charge in [0, 0.05) is 0 Å². The van der Waals surface area contributed by atoms with Gasteiger partial charge >= 0.3 is 6.18 Å². The Hall–Kier alpha value is -2.03. The minimum Gasteiger partial charge on any atom is -0.484 e. The predicted octanol–water partition coefficient (Wildman–Crippen LogP) is 2.85. The van der Waals surface area contributed by atoms with E-state index in [0.717, 1.165) is 22.5 Å². The monoisotopic (exact) mass is 334 g/mol. The van der Waals surface area contributed by atoms with Crippen molar-refractivity contribution in [3.63, 3.8) is 0 Å². The minimum atomic E-state index is -4.48. The van der Waals surface area contributed by atoms with Gasteiger partial charge in [0.2, 0.25) is 0 Å². The molecule has 1 heterocycles. The van der Waals surface area contributed by atoms with E-state index >= 15 is 0 Å². The Morgan fingerprint density at radius 1 is 1.27 bits per heavy atom. The number of aromatic nitrogens is 2. The summed E-state index contributed by atoms with van der Waals surface area (Å²) in [7, 11) is -3.61. The van der Waals surface area contributed by atoms with Crippen LogP contribution in [0.1, 0.15) is 24.3 Å². The number of hydrogen-bond acceptors (Lipinski definition) is 4. The molecule has 0 aliphatic carbocycles. The third kappa shape index (κ3) is 3.59. The van der Waals surface area contributed by atoms with Gasteiger partial charge in [-0.15, -0.1) is 0 Å². The van der Waals surface area contributed by atoms with Crippen molar-refractivity contribution in [2.75, 3.05) is 6.26 Å². The maximum absolute atomic E-state index is 12.7. The number of ether oxygens (including phenoxy) is 1. The molecule has 1 aromatic heterocycles. The average molecular weight is 334 g/mol. The van der Waals surface area contributed by atoms with E-state index in [1.54, 1.807) is 0 Å². The molecule has 0 saturated heterocycles. The zero-order valence-corrected chi connectivity index (χ0v) is 12.5. The molecule has 2 rings (SSSR count). The van der Waals surface area contributed by atoms with E-state index in [9.17, 15) is 21.6 Å². The average Bonchev–Trinajstić information content (AvgIpc) is 2.87. The number of nitrogens with zero attached hydrogens (tertiary/aromatic N) is 2. The highest BCUT2D eigenvalue weighted by Crippen LogP contribution is 2.32. The Bertz CT molecular complexity index is 769. The van der Waals surface area contributed by atoms with Crippen molar-refractivity contribution in [2.24, 2.45) is 0 Å². The highest BCUT2D eigenvalue weighted by Gasteiger charge is 2.30. The van der Waals surface area contributed by atoms with Gasteiger partial charge in [-0.05, 0) is 31.2 Å². The number of hydrogen-bond donors (Lipinski definition) is 0. The van der Waals surface area contributed by atoms with E-state index in [1.807, 2.05) is 0 Å². The maximum atomic E-state index is 12.7. The molecule has 0 radical (unpaired) electrons. The highest BCUT2D eigenvalue weighted by molar-refractivity contribution is 7.89. The lowest BCUT2D eigenvalue weighted by atomic mass is 10.2. The van der Waals surface area contributed by atoms with Crippen molar-refractivity contribution >= 4 is 10.0 Å². The van der Waals surface area contributed by atoms with Crippen LogP contribution >= 0.6 is 0 Å². The molecule has 0 spiro atoms. The number of rotatable bonds is 4. The first-order valence-electron chi connectivity index (χ1n) is 6.17. The van der Waals surface area contributed by atoms with E-state index in [1.165, 1.54) is 31.3 Å². The highest BCUT2D eigenvalue weighted by atomic mass is 32.2. The summed E-state index contributed by atoms with van der Waals surface area (Å²) in [5.41, 5.74) is -0.617. The summed E-state index contributed by atoms with van der Waals surface area (Å²) < 4.78 is 67.2. The van der Waals surface area contributed by atoms with Gasteiger partial charge in [-0.3, -0.25) is 0 Å². The van der Waals surface area contributed by atoms with Crippen molar-refractivity contribution in [1.29, 1.82) is 0 Å². The molecule has 1 atom stereocenters. The maximum Gasteiger partial charge on any atom is 0.416 e. The van der Waals surface area contributed by atoms with Crippen LogP contribution in [0.15, 0.2) is 36.5 Å². The summed E-state index contributed by atoms with van der Waals surface area (Å²) >= 11 is 0. The third-order valence-corrected chi connectivity index (χ3v) is 3.78. The summed E-state index contributed by atoms with van der Waals surface area (Å²) in [4.78, 5) is 0. The SMILES string of the molecule is CC(Oc1cccc(C(F)(F)F)c1)c1ccnn1S(C)(=O)=O. The fourth-order valence-corrected chi connectivity index (χ4v) is 2.70. The van der Waals surface area contributed by atoms with E-state index in [2.05, 4.69) is 5.10 Å². The first-order valence-corrected chi connectivity index (χ1v) is 8.02. The minimum absolute atomic E-state index is 0.0106. The fraction of sp³-hybridized carbons (Fsp3) is 0.308. The Morgan fingerprint density at radius 2 is 1.95 bits per heavy atom. The second kappa shape index (κ2) is 5.64. The van der Waals surface area contributed by atoms with E-state index in [0.29, 0.717) is 0 Å². The smallest absolute Gasteiger partial charge is 0.416 e. The molecule has 0 amide bonds. The van der Waals surface area contributed by atoms with Crippen LogP contribution in [-0.2, 0) is 16.2 Å². The number of halogens is 3. The molecule has 9 heteroatoms. The molecule has 0 N–H and O–H groups in total. The predicted molar refractivity (Wildman–Crippen MR) is 73.0 cm³/mol. The lowest BCUT2D eigenvalue weighted by Crippen LogP contribution is -2.18.